The van der Waals surface area contributed by atoms with Crippen molar-refractivity contribution >= 4 is 23.4 Å². The van der Waals surface area contributed by atoms with Gasteiger partial charge in [0.15, 0.2) is 5.82 Å². The van der Waals surface area contributed by atoms with Crippen molar-refractivity contribution in [1.29, 1.82) is 0 Å². The average molecular weight is 269 g/mol. The molecule has 17 heavy (non-hydrogen) atoms. The standard InChI is InChI=1S/C11H13ClN4S/c1-7(2)17-11-15-14-10(16(11)13)8-5-3-4-6-9(8)12/h3-7H,13H2,1-2H3. The number of halogens is 1. The molecule has 0 saturated carbocycles. The quantitative estimate of drug-likeness (QED) is 0.687. The summed E-state index contributed by atoms with van der Waals surface area (Å²) in [5, 5.41) is 9.86. The molecule has 0 bridgehead atoms. The van der Waals surface area contributed by atoms with Gasteiger partial charge in [-0.3, -0.25) is 0 Å². The first-order valence-corrected chi connectivity index (χ1v) is 6.47. The van der Waals surface area contributed by atoms with Gasteiger partial charge in [-0.2, -0.15) is 0 Å². The molecule has 0 spiro atoms. The van der Waals surface area contributed by atoms with Gasteiger partial charge in [0.2, 0.25) is 5.16 Å². The van der Waals surface area contributed by atoms with Gasteiger partial charge in [-0.15, -0.1) is 10.2 Å². The molecular weight excluding hydrogens is 256 g/mol. The van der Waals surface area contributed by atoms with Gasteiger partial charge >= 0.3 is 0 Å². The van der Waals surface area contributed by atoms with E-state index in [-0.39, 0.29) is 0 Å². The van der Waals surface area contributed by atoms with E-state index in [1.54, 1.807) is 17.8 Å². The van der Waals surface area contributed by atoms with Gasteiger partial charge < -0.3 is 5.84 Å². The van der Waals surface area contributed by atoms with Gasteiger partial charge in [-0.1, -0.05) is 49.3 Å². The summed E-state index contributed by atoms with van der Waals surface area (Å²) in [6.45, 7) is 4.16. The van der Waals surface area contributed by atoms with Crippen LogP contribution in [-0.2, 0) is 0 Å². The van der Waals surface area contributed by atoms with Crippen LogP contribution >= 0.6 is 23.4 Å². The average Bonchev–Trinajstić information content (AvgIpc) is 2.61. The fourth-order valence-electron chi connectivity index (χ4n) is 1.39. The third-order valence-electron chi connectivity index (χ3n) is 2.12. The molecule has 0 aliphatic heterocycles. The number of benzene rings is 1. The van der Waals surface area contributed by atoms with Crippen LogP contribution in [0.4, 0.5) is 0 Å². The maximum absolute atomic E-state index is 6.10. The minimum atomic E-state index is 0.403. The van der Waals surface area contributed by atoms with Crippen molar-refractivity contribution in [1.82, 2.24) is 14.9 Å². The van der Waals surface area contributed by atoms with Gasteiger partial charge in [0.25, 0.3) is 0 Å². The minimum absolute atomic E-state index is 0.403. The van der Waals surface area contributed by atoms with E-state index in [2.05, 4.69) is 24.0 Å². The van der Waals surface area contributed by atoms with Gasteiger partial charge in [-0.25, -0.2) is 4.68 Å². The van der Waals surface area contributed by atoms with Crippen molar-refractivity contribution in [2.24, 2.45) is 0 Å². The third kappa shape index (κ3) is 2.56. The molecule has 0 aliphatic carbocycles. The summed E-state index contributed by atoms with van der Waals surface area (Å²) in [5.41, 5.74) is 0.791. The monoisotopic (exact) mass is 268 g/mol. The summed E-state index contributed by atoms with van der Waals surface area (Å²) < 4.78 is 1.48. The van der Waals surface area contributed by atoms with Crippen LogP contribution in [0.15, 0.2) is 29.4 Å². The van der Waals surface area contributed by atoms with Crippen molar-refractivity contribution in [2.45, 2.75) is 24.3 Å². The molecular formula is C11H13ClN4S. The van der Waals surface area contributed by atoms with E-state index in [4.69, 9.17) is 17.4 Å². The number of nitrogens with two attached hydrogens (primary N) is 1. The number of nitrogen functional groups attached to an aromatic ring is 1. The molecule has 0 atom stereocenters. The Morgan fingerprint density at radius 2 is 2.00 bits per heavy atom. The van der Waals surface area contributed by atoms with Crippen LogP contribution in [0.25, 0.3) is 11.4 Å². The van der Waals surface area contributed by atoms with E-state index < -0.39 is 0 Å². The molecule has 1 aromatic heterocycles. The smallest absolute Gasteiger partial charge is 0.210 e. The third-order valence-corrected chi connectivity index (χ3v) is 3.41. The lowest BCUT2D eigenvalue weighted by Gasteiger charge is -2.06. The highest BCUT2D eigenvalue weighted by Crippen LogP contribution is 2.28. The first kappa shape index (κ1) is 12.3. The molecule has 2 rings (SSSR count). The number of hydrogen-bond acceptors (Lipinski definition) is 4. The van der Waals surface area contributed by atoms with E-state index in [9.17, 15) is 0 Å². The van der Waals surface area contributed by atoms with Crippen LogP contribution in [0.3, 0.4) is 0 Å². The molecule has 4 nitrogen and oxygen atoms in total. The highest BCUT2D eigenvalue weighted by molar-refractivity contribution is 7.99. The molecule has 1 aromatic carbocycles. The van der Waals surface area contributed by atoms with E-state index in [1.165, 1.54) is 4.68 Å². The highest BCUT2D eigenvalue weighted by atomic mass is 35.5. The van der Waals surface area contributed by atoms with Crippen LogP contribution in [-0.4, -0.2) is 20.1 Å². The summed E-state index contributed by atoms with van der Waals surface area (Å²) in [4.78, 5) is 0. The zero-order chi connectivity index (χ0) is 12.4. The van der Waals surface area contributed by atoms with Crippen molar-refractivity contribution in [3.8, 4) is 11.4 Å². The first-order chi connectivity index (χ1) is 8.09. The molecule has 2 N–H and O–H groups in total. The van der Waals surface area contributed by atoms with E-state index in [0.717, 1.165) is 5.56 Å². The predicted octanol–water partition coefficient (Wildman–Crippen LogP) is 2.81. The van der Waals surface area contributed by atoms with Crippen LogP contribution in [0, 0.1) is 0 Å². The number of rotatable bonds is 3. The first-order valence-electron chi connectivity index (χ1n) is 5.21. The maximum atomic E-state index is 6.10. The van der Waals surface area contributed by atoms with Gasteiger partial charge in [0.05, 0.1) is 5.02 Å². The van der Waals surface area contributed by atoms with Crippen molar-refractivity contribution in [3.63, 3.8) is 0 Å². The second-order valence-electron chi connectivity index (χ2n) is 3.82. The Morgan fingerprint density at radius 1 is 1.29 bits per heavy atom. The van der Waals surface area contributed by atoms with Crippen molar-refractivity contribution in [3.05, 3.63) is 29.3 Å². The predicted molar refractivity (Wildman–Crippen MR) is 71.6 cm³/mol. The Bertz CT molecular complexity index is 524. The van der Waals surface area contributed by atoms with Crippen LogP contribution in [0.2, 0.25) is 5.02 Å². The molecule has 0 amide bonds. The number of hydrogen-bond donors (Lipinski definition) is 1. The van der Waals surface area contributed by atoms with Crippen LogP contribution in [0.1, 0.15) is 13.8 Å². The zero-order valence-corrected chi connectivity index (χ0v) is 11.2. The molecule has 1 heterocycles. The van der Waals surface area contributed by atoms with Gasteiger partial charge in [0.1, 0.15) is 0 Å². The van der Waals surface area contributed by atoms with Crippen LogP contribution in [0.5, 0.6) is 0 Å². The van der Waals surface area contributed by atoms with E-state index >= 15 is 0 Å². The second kappa shape index (κ2) is 4.98. The largest absolute Gasteiger partial charge is 0.335 e. The Hall–Kier alpha value is -1.20. The van der Waals surface area contributed by atoms with E-state index in [0.29, 0.717) is 21.3 Å². The normalized spacial score (nSPS) is 11.1. The lowest BCUT2D eigenvalue weighted by molar-refractivity contribution is 0.844. The Balaban J connectivity index is 2.41. The molecule has 0 radical (unpaired) electrons. The molecule has 6 heteroatoms. The highest BCUT2D eigenvalue weighted by Gasteiger charge is 2.14. The SMILES string of the molecule is CC(C)Sc1nnc(-c2ccccc2Cl)n1N. The van der Waals surface area contributed by atoms with Crippen molar-refractivity contribution < 1.29 is 0 Å². The van der Waals surface area contributed by atoms with Gasteiger partial charge in [-0.05, 0) is 12.1 Å². The summed E-state index contributed by atoms with van der Waals surface area (Å²) in [6, 6.07) is 7.44. The molecule has 0 unspecified atom stereocenters. The fourth-order valence-corrected chi connectivity index (χ4v) is 2.32. The summed E-state index contributed by atoms with van der Waals surface area (Å²) >= 11 is 7.67. The molecule has 2 aromatic rings. The maximum Gasteiger partial charge on any atom is 0.210 e. The molecule has 90 valence electrons. The topological polar surface area (TPSA) is 56.7 Å². The lowest BCUT2D eigenvalue weighted by atomic mass is 10.2. The number of thioether (sulfide) groups is 1. The van der Waals surface area contributed by atoms with E-state index in [1.807, 2.05) is 18.2 Å². The second-order valence-corrected chi connectivity index (χ2v) is 5.77. The Labute approximate surface area is 109 Å². The zero-order valence-electron chi connectivity index (χ0n) is 9.59. The number of aromatic nitrogens is 3. The number of nitrogens with zero attached hydrogens (tertiary/aromatic N) is 3. The summed E-state index contributed by atoms with van der Waals surface area (Å²) in [6.07, 6.45) is 0. The molecule has 0 aliphatic rings. The fraction of sp³-hybridized carbons (Fsp3) is 0.273. The summed E-state index contributed by atoms with van der Waals surface area (Å²) in [7, 11) is 0. The van der Waals surface area contributed by atoms with Gasteiger partial charge in [0, 0.05) is 10.8 Å². The lowest BCUT2D eigenvalue weighted by Crippen LogP contribution is -2.12. The van der Waals surface area contributed by atoms with Crippen LogP contribution < -0.4 is 5.84 Å². The Morgan fingerprint density at radius 3 is 2.65 bits per heavy atom. The molecule has 0 saturated heterocycles. The summed E-state index contributed by atoms with van der Waals surface area (Å²) in [5.74, 6) is 6.55. The minimum Gasteiger partial charge on any atom is -0.335 e. The Kier molecular flexibility index (Phi) is 3.59. The molecule has 0 fully saturated rings. The van der Waals surface area contributed by atoms with Crippen molar-refractivity contribution in [2.75, 3.05) is 5.84 Å².